The van der Waals surface area contributed by atoms with Crippen LogP contribution in [0.1, 0.15) is 22.6 Å². The van der Waals surface area contributed by atoms with E-state index < -0.39 is 0 Å². The van der Waals surface area contributed by atoms with Gasteiger partial charge in [-0.1, -0.05) is 17.7 Å². The maximum Gasteiger partial charge on any atom is 0.231 e. The fourth-order valence-electron chi connectivity index (χ4n) is 3.06. The molecule has 0 unspecified atom stereocenters. The van der Waals surface area contributed by atoms with Crippen molar-refractivity contribution in [3.63, 3.8) is 0 Å². The van der Waals surface area contributed by atoms with Gasteiger partial charge < -0.3 is 8.83 Å². The molecule has 5 heteroatoms. The first-order chi connectivity index (χ1) is 12.1. The molecule has 0 N–H and O–H groups in total. The highest BCUT2D eigenvalue weighted by atomic mass is 35.5. The summed E-state index contributed by atoms with van der Waals surface area (Å²) in [7, 11) is 0. The van der Waals surface area contributed by atoms with Crippen molar-refractivity contribution < 1.29 is 8.83 Å². The van der Waals surface area contributed by atoms with Gasteiger partial charge in [-0.05, 0) is 56.5 Å². The molecule has 0 spiro atoms. The van der Waals surface area contributed by atoms with Crippen molar-refractivity contribution in [2.45, 2.75) is 26.7 Å². The monoisotopic (exact) mass is 352 g/mol. The number of oxazole rings is 1. The lowest BCUT2D eigenvalue weighted by molar-refractivity contribution is 0.531. The second kappa shape index (κ2) is 6.37. The van der Waals surface area contributed by atoms with Crippen molar-refractivity contribution in [1.29, 1.82) is 0 Å². The van der Waals surface area contributed by atoms with Gasteiger partial charge >= 0.3 is 0 Å². The van der Waals surface area contributed by atoms with E-state index in [4.69, 9.17) is 20.4 Å². The highest BCUT2D eigenvalue weighted by molar-refractivity contribution is 6.31. The molecule has 0 atom stereocenters. The summed E-state index contributed by atoms with van der Waals surface area (Å²) in [6.45, 7) is 3.89. The number of aromatic nitrogens is 2. The largest absolute Gasteiger partial charge is 0.469 e. The summed E-state index contributed by atoms with van der Waals surface area (Å²) in [6, 6.07) is 9.70. The molecule has 4 aromatic rings. The Labute approximate surface area is 150 Å². The summed E-state index contributed by atoms with van der Waals surface area (Å²) in [4.78, 5) is 9.00. The van der Waals surface area contributed by atoms with Crippen LogP contribution in [0.5, 0.6) is 0 Å². The molecule has 4 nitrogen and oxygen atoms in total. The van der Waals surface area contributed by atoms with Gasteiger partial charge in [0.25, 0.3) is 0 Å². The average molecular weight is 353 g/mol. The molecule has 1 aromatic carbocycles. The molecule has 0 aliphatic rings. The van der Waals surface area contributed by atoms with E-state index in [9.17, 15) is 0 Å². The van der Waals surface area contributed by atoms with Crippen LogP contribution in [0.25, 0.3) is 22.6 Å². The van der Waals surface area contributed by atoms with Crippen LogP contribution in [0.4, 0.5) is 0 Å². The van der Waals surface area contributed by atoms with E-state index in [1.54, 1.807) is 12.5 Å². The lowest BCUT2D eigenvalue weighted by Gasteiger charge is -2.03. The average Bonchev–Trinajstić information content (AvgIpc) is 3.16. The minimum absolute atomic E-state index is 0.570. The Bertz CT molecular complexity index is 1020. The van der Waals surface area contributed by atoms with Crippen molar-refractivity contribution in [3.8, 4) is 11.5 Å². The number of aryl methyl sites for hydroxylation is 4. The zero-order chi connectivity index (χ0) is 17.4. The first-order valence-corrected chi connectivity index (χ1v) is 8.53. The van der Waals surface area contributed by atoms with Crippen LogP contribution >= 0.6 is 11.6 Å². The SMILES string of the molecule is Cc1coc(C)c1-c1nc2cc(Cl)cc(CCc3ccccn3)c2o1. The zero-order valence-electron chi connectivity index (χ0n) is 14.0. The molecule has 0 aliphatic heterocycles. The molecule has 0 amide bonds. The summed E-state index contributed by atoms with van der Waals surface area (Å²) in [5.74, 6) is 1.37. The molecule has 25 heavy (non-hydrogen) atoms. The third kappa shape index (κ3) is 3.05. The molecule has 126 valence electrons. The van der Waals surface area contributed by atoms with E-state index in [0.717, 1.165) is 52.1 Å². The minimum atomic E-state index is 0.570. The Balaban J connectivity index is 1.74. The number of hydrogen-bond donors (Lipinski definition) is 0. The van der Waals surface area contributed by atoms with E-state index in [-0.39, 0.29) is 0 Å². The van der Waals surface area contributed by atoms with Gasteiger partial charge in [-0.25, -0.2) is 4.98 Å². The summed E-state index contributed by atoms with van der Waals surface area (Å²) in [5, 5.41) is 0.656. The molecular formula is C20H17ClN2O2. The Morgan fingerprint density at radius 2 is 2.00 bits per heavy atom. The third-order valence-corrected chi connectivity index (χ3v) is 4.50. The highest BCUT2D eigenvalue weighted by Gasteiger charge is 2.18. The standard InChI is InChI=1S/C20H17ClN2O2/c1-12-11-24-13(2)18(12)20-23-17-10-15(21)9-14(19(17)25-20)6-7-16-5-3-4-8-22-16/h3-5,8-11H,6-7H2,1-2H3. The second-order valence-electron chi connectivity index (χ2n) is 6.10. The van der Waals surface area contributed by atoms with E-state index in [1.807, 2.05) is 44.2 Å². The normalized spacial score (nSPS) is 11.3. The number of furan rings is 1. The van der Waals surface area contributed by atoms with Gasteiger partial charge in [0.1, 0.15) is 11.3 Å². The van der Waals surface area contributed by atoms with Gasteiger partial charge in [-0.15, -0.1) is 0 Å². The summed E-state index contributed by atoms with van der Waals surface area (Å²) in [6.07, 6.45) is 5.12. The molecule has 4 rings (SSSR count). The van der Waals surface area contributed by atoms with Crippen LogP contribution in [-0.2, 0) is 12.8 Å². The number of pyridine rings is 1. The maximum atomic E-state index is 6.29. The van der Waals surface area contributed by atoms with E-state index in [1.165, 1.54) is 0 Å². The fraction of sp³-hybridized carbons (Fsp3) is 0.200. The summed E-state index contributed by atoms with van der Waals surface area (Å²) < 4.78 is 11.6. The number of benzene rings is 1. The van der Waals surface area contributed by atoms with Crippen LogP contribution in [0.15, 0.2) is 51.6 Å². The molecule has 3 aromatic heterocycles. The number of fused-ring (bicyclic) bond motifs is 1. The zero-order valence-corrected chi connectivity index (χ0v) is 14.8. The Kier molecular flexibility index (Phi) is 4.06. The van der Waals surface area contributed by atoms with Crippen LogP contribution in [0.2, 0.25) is 5.02 Å². The first kappa shape index (κ1) is 15.9. The molecule has 0 aliphatic carbocycles. The predicted octanol–water partition coefficient (Wildman–Crippen LogP) is 5.54. The fourth-order valence-corrected chi connectivity index (χ4v) is 3.29. The third-order valence-electron chi connectivity index (χ3n) is 4.28. The molecule has 3 heterocycles. The van der Waals surface area contributed by atoms with Crippen LogP contribution in [-0.4, -0.2) is 9.97 Å². The molecule has 0 saturated heterocycles. The summed E-state index contributed by atoms with van der Waals surface area (Å²) in [5.41, 5.74) is 5.52. The van der Waals surface area contributed by atoms with Crippen molar-refractivity contribution in [1.82, 2.24) is 9.97 Å². The quantitative estimate of drug-likeness (QED) is 0.484. The van der Waals surface area contributed by atoms with Crippen LogP contribution < -0.4 is 0 Å². The van der Waals surface area contributed by atoms with Gasteiger partial charge in [-0.3, -0.25) is 4.98 Å². The van der Waals surface area contributed by atoms with E-state index in [0.29, 0.717) is 10.9 Å². The number of hydrogen-bond acceptors (Lipinski definition) is 4. The lowest BCUT2D eigenvalue weighted by Crippen LogP contribution is -1.94. The summed E-state index contributed by atoms with van der Waals surface area (Å²) >= 11 is 6.29. The van der Waals surface area contributed by atoms with Gasteiger partial charge in [0.15, 0.2) is 5.58 Å². The Morgan fingerprint density at radius 1 is 1.12 bits per heavy atom. The maximum absolute atomic E-state index is 6.29. The van der Waals surface area contributed by atoms with Crippen molar-refractivity contribution in [2.75, 3.05) is 0 Å². The van der Waals surface area contributed by atoms with Gasteiger partial charge in [-0.2, -0.15) is 0 Å². The smallest absolute Gasteiger partial charge is 0.231 e. The Morgan fingerprint density at radius 3 is 2.72 bits per heavy atom. The molecule has 0 saturated carbocycles. The number of nitrogens with zero attached hydrogens (tertiary/aromatic N) is 2. The van der Waals surface area contributed by atoms with Crippen molar-refractivity contribution in [2.24, 2.45) is 0 Å². The molecular weight excluding hydrogens is 336 g/mol. The predicted molar refractivity (Wildman–Crippen MR) is 97.8 cm³/mol. The molecule has 0 radical (unpaired) electrons. The van der Waals surface area contributed by atoms with Gasteiger partial charge in [0.05, 0.1) is 11.8 Å². The Hall–Kier alpha value is -2.59. The highest BCUT2D eigenvalue weighted by Crippen LogP contribution is 2.33. The van der Waals surface area contributed by atoms with Gasteiger partial charge in [0, 0.05) is 22.5 Å². The number of rotatable bonds is 4. The topological polar surface area (TPSA) is 52.1 Å². The van der Waals surface area contributed by atoms with Crippen LogP contribution in [0.3, 0.4) is 0 Å². The second-order valence-corrected chi connectivity index (χ2v) is 6.54. The van der Waals surface area contributed by atoms with E-state index in [2.05, 4.69) is 9.97 Å². The van der Waals surface area contributed by atoms with Crippen LogP contribution in [0, 0.1) is 13.8 Å². The molecule has 0 fully saturated rings. The first-order valence-electron chi connectivity index (χ1n) is 8.16. The molecule has 0 bridgehead atoms. The van der Waals surface area contributed by atoms with E-state index >= 15 is 0 Å². The van der Waals surface area contributed by atoms with Crippen molar-refractivity contribution in [3.05, 3.63) is 70.4 Å². The minimum Gasteiger partial charge on any atom is -0.469 e. The lowest BCUT2D eigenvalue weighted by atomic mass is 10.1. The van der Waals surface area contributed by atoms with Gasteiger partial charge in [0.2, 0.25) is 5.89 Å². The van der Waals surface area contributed by atoms with Crippen molar-refractivity contribution >= 4 is 22.7 Å². The number of halogens is 1.